The minimum Gasteiger partial charge on any atom is -0.444 e. The minimum atomic E-state index is -0.458. The second-order valence-electron chi connectivity index (χ2n) is 6.54. The zero-order chi connectivity index (χ0) is 15.2. The zero-order valence-electron chi connectivity index (χ0n) is 12.4. The third-order valence-corrected chi connectivity index (χ3v) is 3.98. The summed E-state index contributed by atoms with van der Waals surface area (Å²) in [6.07, 6.45) is 0.723. The Kier molecular flexibility index (Phi) is 3.43. The van der Waals surface area contributed by atoms with Crippen LogP contribution in [0.5, 0.6) is 0 Å². The molecular formula is C14H19ClN4O2. The van der Waals surface area contributed by atoms with Crippen molar-refractivity contribution in [2.45, 2.75) is 44.9 Å². The number of carbonyl (C=O) groups is 1. The van der Waals surface area contributed by atoms with E-state index in [0.717, 1.165) is 18.8 Å². The Bertz CT molecular complexity index is 543. The maximum Gasteiger partial charge on any atom is 0.410 e. The van der Waals surface area contributed by atoms with E-state index < -0.39 is 5.60 Å². The van der Waals surface area contributed by atoms with E-state index in [2.05, 4.69) is 15.1 Å². The van der Waals surface area contributed by atoms with Gasteiger partial charge >= 0.3 is 6.09 Å². The van der Waals surface area contributed by atoms with Crippen molar-refractivity contribution in [3.8, 4) is 0 Å². The Labute approximate surface area is 129 Å². The quantitative estimate of drug-likeness (QED) is 0.797. The molecule has 2 bridgehead atoms. The number of amides is 1. The topological polar surface area (TPSA) is 58.6 Å². The van der Waals surface area contributed by atoms with Gasteiger partial charge < -0.3 is 14.5 Å². The molecule has 114 valence electrons. The second-order valence-corrected chi connectivity index (χ2v) is 6.93. The fraction of sp³-hybridized carbons (Fsp3) is 0.643. The molecule has 1 amide bonds. The number of fused-ring (bicyclic) bond motifs is 2. The summed E-state index contributed by atoms with van der Waals surface area (Å²) in [4.78, 5) is 16.2. The summed E-state index contributed by atoms with van der Waals surface area (Å²) in [6, 6.07) is 4.07. The number of halogens is 1. The first kappa shape index (κ1) is 14.4. The normalized spacial score (nSPS) is 24.6. The SMILES string of the molecule is CC(C)(C)OC(=O)N1C[C@@H]2C[C@H]1CN2c1ccc(Cl)nn1. The maximum absolute atomic E-state index is 12.2. The van der Waals surface area contributed by atoms with Gasteiger partial charge in [0, 0.05) is 13.1 Å². The van der Waals surface area contributed by atoms with E-state index in [1.165, 1.54) is 0 Å². The van der Waals surface area contributed by atoms with Crippen molar-refractivity contribution in [1.82, 2.24) is 15.1 Å². The number of anilines is 1. The fourth-order valence-corrected chi connectivity index (χ4v) is 3.05. The van der Waals surface area contributed by atoms with Gasteiger partial charge in [0.05, 0.1) is 12.1 Å². The Balaban J connectivity index is 1.66. The molecule has 2 aliphatic rings. The first-order valence-electron chi connectivity index (χ1n) is 7.09. The molecule has 0 N–H and O–H groups in total. The van der Waals surface area contributed by atoms with Crippen molar-refractivity contribution in [2.24, 2.45) is 0 Å². The Hall–Kier alpha value is -1.56. The molecule has 1 aromatic rings. The van der Waals surface area contributed by atoms with Crippen LogP contribution in [0.1, 0.15) is 27.2 Å². The molecular weight excluding hydrogens is 292 g/mol. The summed E-state index contributed by atoms with van der Waals surface area (Å²) in [6.45, 7) is 7.09. The molecule has 0 radical (unpaired) electrons. The van der Waals surface area contributed by atoms with Crippen LogP contribution in [0.15, 0.2) is 12.1 Å². The van der Waals surface area contributed by atoms with E-state index in [1.54, 1.807) is 6.07 Å². The van der Waals surface area contributed by atoms with Gasteiger partial charge in [-0.05, 0) is 39.3 Å². The number of aromatic nitrogens is 2. The number of carbonyl (C=O) groups excluding carboxylic acids is 1. The smallest absolute Gasteiger partial charge is 0.410 e. The van der Waals surface area contributed by atoms with Crippen molar-refractivity contribution in [3.63, 3.8) is 0 Å². The van der Waals surface area contributed by atoms with Gasteiger partial charge in [0.15, 0.2) is 11.0 Å². The number of hydrogen-bond donors (Lipinski definition) is 0. The lowest BCUT2D eigenvalue weighted by Gasteiger charge is -2.35. The van der Waals surface area contributed by atoms with Crippen LogP contribution in [0.3, 0.4) is 0 Å². The zero-order valence-corrected chi connectivity index (χ0v) is 13.2. The van der Waals surface area contributed by atoms with Gasteiger partial charge in [0.25, 0.3) is 0 Å². The lowest BCUT2D eigenvalue weighted by Crippen LogP contribution is -2.50. The van der Waals surface area contributed by atoms with Crippen molar-refractivity contribution in [3.05, 3.63) is 17.3 Å². The average molecular weight is 311 g/mol. The molecule has 21 heavy (non-hydrogen) atoms. The van der Waals surface area contributed by atoms with E-state index in [0.29, 0.717) is 11.7 Å². The van der Waals surface area contributed by atoms with E-state index in [9.17, 15) is 4.79 Å². The molecule has 0 aliphatic carbocycles. The Morgan fingerprint density at radius 1 is 1.29 bits per heavy atom. The number of hydrogen-bond acceptors (Lipinski definition) is 5. The van der Waals surface area contributed by atoms with E-state index >= 15 is 0 Å². The number of rotatable bonds is 1. The van der Waals surface area contributed by atoms with E-state index in [1.807, 2.05) is 31.7 Å². The van der Waals surface area contributed by atoms with Crippen molar-refractivity contribution < 1.29 is 9.53 Å². The summed E-state index contributed by atoms with van der Waals surface area (Å²) >= 11 is 5.76. The maximum atomic E-state index is 12.2. The fourth-order valence-electron chi connectivity index (χ4n) is 2.95. The van der Waals surface area contributed by atoms with Crippen LogP contribution in [0.4, 0.5) is 10.6 Å². The monoisotopic (exact) mass is 310 g/mol. The molecule has 0 aromatic carbocycles. The van der Waals surface area contributed by atoms with Gasteiger partial charge in [-0.2, -0.15) is 0 Å². The molecule has 1 aromatic heterocycles. The number of likely N-dealkylation sites (tertiary alicyclic amines) is 1. The van der Waals surface area contributed by atoms with Gasteiger partial charge in [-0.25, -0.2) is 4.79 Å². The van der Waals surface area contributed by atoms with Crippen LogP contribution >= 0.6 is 11.6 Å². The third kappa shape index (κ3) is 2.90. The first-order valence-corrected chi connectivity index (χ1v) is 7.47. The molecule has 2 saturated heterocycles. The van der Waals surface area contributed by atoms with Crippen molar-refractivity contribution >= 4 is 23.5 Å². The largest absolute Gasteiger partial charge is 0.444 e. The molecule has 7 heteroatoms. The Morgan fingerprint density at radius 2 is 2.05 bits per heavy atom. The first-order chi connectivity index (χ1) is 9.83. The molecule has 0 unspecified atom stereocenters. The van der Waals surface area contributed by atoms with Crippen LogP contribution in [0.25, 0.3) is 0 Å². The van der Waals surface area contributed by atoms with Gasteiger partial charge in [0.1, 0.15) is 5.60 Å². The highest BCUT2D eigenvalue weighted by molar-refractivity contribution is 6.29. The molecule has 3 heterocycles. The molecule has 2 aliphatic heterocycles. The van der Waals surface area contributed by atoms with Crippen LogP contribution in [0, 0.1) is 0 Å². The summed E-state index contributed by atoms with van der Waals surface area (Å²) < 4.78 is 5.45. The summed E-state index contributed by atoms with van der Waals surface area (Å²) in [5.41, 5.74) is -0.458. The van der Waals surface area contributed by atoms with Gasteiger partial charge in [-0.15, -0.1) is 10.2 Å². The molecule has 0 spiro atoms. The number of nitrogens with zero attached hydrogens (tertiary/aromatic N) is 4. The minimum absolute atomic E-state index is 0.183. The van der Waals surface area contributed by atoms with Crippen LogP contribution < -0.4 is 4.90 Å². The second kappa shape index (κ2) is 5.02. The predicted octanol–water partition coefficient (Wildman–Crippen LogP) is 2.33. The van der Waals surface area contributed by atoms with Crippen molar-refractivity contribution in [1.29, 1.82) is 0 Å². The van der Waals surface area contributed by atoms with Gasteiger partial charge in [-0.1, -0.05) is 11.6 Å². The average Bonchev–Trinajstić information content (AvgIpc) is 2.97. The van der Waals surface area contributed by atoms with Gasteiger partial charge in [0.2, 0.25) is 0 Å². The summed E-state index contributed by atoms with van der Waals surface area (Å²) in [5, 5.41) is 8.38. The van der Waals surface area contributed by atoms with Gasteiger partial charge in [-0.3, -0.25) is 0 Å². The summed E-state index contributed by atoms with van der Waals surface area (Å²) in [5.74, 6) is 0.815. The molecule has 0 saturated carbocycles. The van der Waals surface area contributed by atoms with E-state index in [4.69, 9.17) is 16.3 Å². The highest BCUT2D eigenvalue weighted by Gasteiger charge is 2.47. The third-order valence-electron chi connectivity index (χ3n) is 3.78. The lowest BCUT2D eigenvalue weighted by molar-refractivity contribution is 0.0214. The highest BCUT2D eigenvalue weighted by atomic mass is 35.5. The number of piperazine rings is 1. The summed E-state index contributed by atoms with van der Waals surface area (Å²) in [7, 11) is 0. The molecule has 6 nitrogen and oxygen atoms in total. The van der Waals surface area contributed by atoms with E-state index in [-0.39, 0.29) is 18.2 Å². The van der Waals surface area contributed by atoms with Crippen molar-refractivity contribution in [2.75, 3.05) is 18.0 Å². The standard InChI is InChI=1S/C14H19ClN4O2/c1-14(2,3)21-13(20)19-8-9-6-10(19)7-18(9)12-5-4-11(15)16-17-12/h4-5,9-10H,6-8H2,1-3H3/t9-,10-/m0/s1. The lowest BCUT2D eigenvalue weighted by atomic mass is 10.2. The van der Waals surface area contributed by atoms with Crippen LogP contribution in [0.2, 0.25) is 5.15 Å². The molecule has 3 rings (SSSR count). The Morgan fingerprint density at radius 3 is 2.57 bits per heavy atom. The molecule has 2 fully saturated rings. The van der Waals surface area contributed by atoms with Crippen LogP contribution in [-0.2, 0) is 4.74 Å². The molecule has 2 atom stereocenters. The highest BCUT2D eigenvalue weighted by Crippen LogP contribution is 2.34. The predicted molar refractivity (Wildman–Crippen MR) is 79.5 cm³/mol. The number of ether oxygens (including phenoxy) is 1. The van der Waals surface area contributed by atoms with Crippen LogP contribution in [-0.4, -0.2) is 52.0 Å².